The van der Waals surface area contributed by atoms with E-state index in [4.69, 9.17) is 28.0 Å². The summed E-state index contributed by atoms with van der Waals surface area (Å²) in [5, 5.41) is 4.37. The Bertz CT molecular complexity index is 1550. The first-order chi connectivity index (χ1) is 22.8. The molecule has 2 aliphatic rings. The normalized spacial score (nSPS) is 24.5. The van der Waals surface area contributed by atoms with Crippen LogP contribution >= 0.6 is 16.3 Å². The largest absolute Gasteiger partial charge is 0.353 e. The third kappa shape index (κ3) is 7.01. The van der Waals surface area contributed by atoms with Gasteiger partial charge in [-0.3, -0.25) is 0 Å². The van der Waals surface area contributed by atoms with Gasteiger partial charge in [0.1, 0.15) is 24.4 Å². The summed E-state index contributed by atoms with van der Waals surface area (Å²) >= 11 is 0. The van der Waals surface area contributed by atoms with E-state index in [1.807, 2.05) is 78.9 Å². The number of fused-ring (bicyclic) bond motifs is 1. The van der Waals surface area contributed by atoms with Crippen LogP contribution in [0.4, 0.5) is 0 Å². The Morgan fingerprint density at radius 1 is 0.522 bits per heavy atom. The second-order valence-electron chi connectivity index (χ2n) is 11.0. The van der Waals surface area contributed by atoms with E-state index in [2.05, 4.69) is 72.8 Å². The third-order valence-corrected chi connectivity index (χ3v) is 12.0. The second kappa shape index (κ2) is 15.1. The van der Waals surface area contributed by atoms with E-state index in [-0.39, 0.29) is 0 Å². The number of benzene rings is 5. The van der Waals surface area contributed by atoms with Crippen molar-refractivity contribution in [3.05, 3.63) is 157 Å². The molecule has 6 nitrogen and oxygen atoms in total. The van der Waals surface area contributed by atoms with Crippen LogP contribution in [0.5, 0.6) is 0 Å². The van der Waals surface area contributed by atoms with Crippen LogP contribution in [-0.4, -0.2) is 44.4 Å². The van der Waals surface area contributed by atoms with Crippen LogP contribution in [0.1, 0.15) is 11.9 Å². The highest BCUT2D eigenvalue weighted by Crippen LogP contribution is 2.47. The van der Waals surface area contributed by atoms with Gasteiger partial charge in [-0.2, -0.15) is 0 Å². The lowest BCUT2D eigenvalue weighted by atomic mass is 9.98. The molecule has 46 heavy (non-hydrogen) atoms. The molecule has 7 rings (SSSR count). The molecule has 5 aromatic rings. The van der Waals surface area contributed by atoms with Crippen LogP contribution in [0.15, 0.2) is 152 Å². The number of hydrogen-bond acceptors (Lipinski definition) is 6. The van der Waals surface area contributed by atoms with Gasteiger partial charge < -0.3 is 28.0 Å². The molecule has 0 saturated carbocycles. The summed E-state index contributed by atoms with van der Waals surface area (Å²) in [6, 6.07) is 51.4. The molecule has 8 heteroatoms. The lowest BCUT2D eigenvalue weighted by Gasteiger charge is -2.49. The van der Waals surface area contributed by atoms with Crippen molar-refractivity contribution in [2.75, 3.05) is 13.7 Å². The Morgan fingerprint density at radius 2 is 0.935 bits per heavy atom. The molecule has 0 aromatic heterocycles. The Balaban J connectivity index is 1.31. The summed E-state index contributed by atoms with van der Waals surface area (Å²) in [4.78, 5) is 0. The highest BCUT2D eigenvalue weighted by atomic mass is 31.1. The van der Waals surface area contributed by atoms with E-state index in [0.717, 1.165) is 26.8 Å². The topological polar surface area (TPSA) is 55.4 Å². The first-order valence-electron chi connectivity index (χ1n) is 15.4. The van der Waals surface area contributed by atoms with Crippen LogP contribution in [0, 0.1) is 0 Å². The molecule has 234 valence electrons. The molecule has 6 unspecified atom stereocenters. The number of rotatable bonds is 10. The molecule has 0 amide bonds. The maximum absolute atomic E-state index is 7.34. The fourth-order valence-electron chi connectivity index (χ4n) is 5.79. The Kier molecular flexibility index (Phi) is 10.3. The van der Waals surface area contributed by atoms with Gasteiger partial charge in [-0.1, -0.05) is 152 Å². The van der Waals surface area contributed by atoms with E-state index in [1.165, 1.54) is 0 Å². The zero-order valence-corrected chi connectivity index (χ0v) is 27.2. The smallest absolute Gasteiger partial charge is 0.186 e. The molecule has 0 spiro atoms. The van der Waals surface area contributed by atoms with Crippen molar-refractivity contribution < 1.29 is 28.0 Å². The van der Waals surface area contributed by atoms with Gasteiger partial charge in [-0.15, -0.1) is 0 Å². The van der Waals surface area contributed by atoms with Gasteiger partial charge in [0.25, 0.3) is 0 Å². The molecule has 0 radical (unpaired) electrons. The van der Waals surface area contributed by atoms with E-state index < -0.39 is 53.3 Å². The highest BCUT2D eigenvalue weighted by molar-refractivity contribution is 7.69. The van der Waals surface area contributed by atoms with Crippen molar-refractivity contribution >= 4 is 37.5 Å². The lowest BCUT2D eigenvalue weighted by Crippen LogP contribution is -2.63. The number of ether oxygens (including phenoxy) is 4. The third-order valence-electron chi connectivity index (χ3n) is 8.00. The van der Waals surface area contributed by atoms with Gasteiger partial charge in [-0.25, -0.2) is 0 Å². The number of methoxy groups -OCH3 is 1. The molecule has 2 saturated heterocycles. The molecular weight excluding hydrogens is 614 g/mol. The standard InChI is InChI=1S/C38H36O6P2/c1-39-38-36(44-46(31-23-13-5-14-24-31)32-25-15-6-16-26-32)35(34-33(41-38)27-40-37(42-34)28-17-7-2-8-18-28)43-45(29-19-9-3-10-20-29)30-21-11-4-12-22-30/h2-26,33-38H,27H2,1H3. The molecule has 0 aliphatic carbocycles. The van der Waals surface area contributed by atoms with E-state index in [1.54, 1.807) is 7.11 Å². The van der Waals surface area contributed by atoms with Gasteiger partial charge >= 0.3 is 0 Å². The first kappa shape index (κ1) is 31.3. The summed E-state index contributed by atoms with van der Waals surface area (Å²) in [6.07, 6.45) is -3.37. The minimum Gasteiger partial charge on any atom is -0.353 e. The van der Waals surface area contributed by atoms with Crippen LogP contribution in [0.2, 0.25) is 0 Å². The Labute approximate surface area is 272 Å². The van der Waals surface area contributed by atoms with Gasteiger partial charge in [0, 0.05) is 33.9 Å². The molecule has 5 aromatic carbocycles. The van der Waals surface area contributed by atoms with Crippen LogP contribution in [0.25, 0.3) is 0 Å². The molecular formula is C38H36O6P2. The van der Waals surface area contributed by atoms with Crippen LogP contribution in [0.3, 0.4) is 0 Å². The minimum atomic E-state index is -1.27. The molecule has 2 aliphatic heterocycles. The van der Waals surface area contributed by atoms with E-state index >= 15 is 0 Å². The van der Waals surface area contributed by atoms with Crippen LogP contribution in [-0.2, 0) is 28.0 Å². The molecule has 2 heterocycles. The van der Waals surface area contributed by atoms with Crippen molar-refractivity contribution in [3.8, 4) is 0 Å². The van der Waals surface area contributed by atoms with Crippen molar-refractivity contribution in [2.24, 2.45) is 0 Å². The summed E-state index contributed by atoms with van der Waals surface area (Å²) in [6.45, 7) is 0.331. The second-order valence-corrected chi connectivity index (χ2v) is 14.7. The van der Waals surface area contributed by atoms with Crippen molar-refractivity contribution in [3.63, 3.8) is 0 Å². The zero-order chi connectivity index (χ0) is 31.1. The predicted molar refractivity (Wildman–Crippen MR) is 184 cm³/mol. The fourth-order valence-corrected chi connectivity index (χ4v) is 9.59. The van der Waals surface area contributed by atoms with E-state index in [0.29, 0.717) is 6.61 Å². The quantitative estimate of drug-likeness (QED) is 0.165. The average molecular weight is 651 g/mol. The molecule has 0 bridgehead atoms. The Hall–Kier alpha value is -3.28. The summed E-state index contributed by atoms with van der Waals surface area (Å²) in [5.41, 5.74) is 0.940. The van der Waals surface area contributed by atoms with Gasteiger partial charge in [0.15, 0.2) is 12.6 Å². The maximum Gasteiger partial charge on any atom is 0.186 e. The number of hydrogen-bond donors (Lipinski definition) is 0. The molecule has 6 atom stereocenters. The van der Waals surface area contributed by atoms with Crippen molar-refractivity contribution in [2.45, 2.75) is 37.0 Å². The van der Waals surface area contributed by atoms with Crippen LogP contribution < -0.4 is 21.2 Å². The van der Waals surface area contributed by atoms with Crippen molar-refractivity contribution in [1.82, 2.24) is 0 Å². The van der Waals surface area contributed by atoms with E-state index in [9.17, 15) is 0 Å². The molecule has 2 fully saturated rings. The van der Waals surface area contributed by atoms with Gasteiger partial charge in [0.05, 0.1) is 22.9 Å². The minimum absolute atomic E-state index is 0.331. The average Bonchev–Trinajstić information content (AvgIpc) is 3.14. The van der Waals surface area contributed by atoms with Gasteiger partial charge in [-0.05, 0) is 0 Å². The maximum atomic E-state index is 7.34. The highest BCUT2D eigenvalue weighted by Gasteiger charge is 2.53. The lowest BCUT2D eigenvalue weighted by molar-refractivity contribution is -0.350. The summed E-state index contributed by atoms with van der Waals surface area (Å²) in [5.74, 6) is 0. The first-order valence-corrected chi connectivity index (χ1v) is 17.9. The predicted octanol–water partition coefficient (Wildman–Crippen LogP) is 6.34. The fraction of sp³-hybridized carbons (Fsp3) is 0.211. The molecule has 0 N–H and O–H groups in total. The van der Waals surface area contributed by atoms with Crippen molar-refractivity contribution in [1.29, 1.82) is 0 Å². The Morgan fingerprint density at radius 3 is 1.37 bits per heavy atom. The zero-order valence-electron chi connectivity index (χ0n) is 25.4. The summed E-state index contributed by atoms with van der Waals surface area (Å²) in [7, 11) is -0.876. The monoisotopic (exact) mass is 650 g/mol. The summed E-state index contributed by atoms with van der Waals surface area (Å²) < 4.78 is 40.2. The SMILES string of the molecule is COC1OC2COC(c3ccccc3)OC2C(OP(c2ccccc2)c2ccccc2)C1OP(c1ccccc1)c1ccccc1. The van der Waals surface area contributed by atoms with Gasteiger partial charge in [0.2, 0.25) is 0 Å².